The highest BCUT2D eigenvalue weighted by molar-refractivity contribution is 5.94. The van der Waals surface area contributed by atoms with Crippen LogP contribution >= 0.6 is 0 Å². The molecule has 2 aliphatic heterocycles. The molecule has 0 radical (unpaired) electrons. The lowest BCUT2D eigenvalue weighted by Crippen LogP contribution is -2.54. The molecule has 1 fully saturated rings. The summed E-state index contributed by atoms with van der Waals surface area (Å²) in [6.45, 7) is 0.568. The van der Waals surface area contributed by atoms with Crippen molar-refractivity contribution in [2.45, 2.75) is 12.0 Å². The van der Waals surface area contributed by atoms with E-state index in [4.69, 9.17) is 4.74 Å². The van der Waals surface area contributed by atoms with E-state index < -0.39 is 0 Å². The van der Waals surface area contributed by atoms with Gasteiger partial charge < -0.3 is 14.7 Å². The highest BCUT2D eigenvalue weighted by Gasteiger charge is 2.42. The van der Waals surface area contributed by atoms with Crippen LogP contribution in [-0.2, 0) is 9.53 Å². The van der Waals surface area contributed by atoms with Crippen LogP contribution in [0, 0.1) is 5.82 Å². The van der Waals surface area contributed by atoms with Crippen molar-refractivity contribution < 1.29 is 19.0 Å². The summed E-state index contributed by atoms with van der Waals surface area (Å²) in [5.74, 6) is -0.967. The predicted molar refractivity (Wildman–Crippen MR) is 107 cm³/mol. The van der Waals surface area contributed by atoms with Gasteiger partial charge in [-0.1, -0.05) is 42.5 Å². The van der Waals surface area contributed by atoms with Gasteiger partial charge in [0.1, 0.15) is 18.2 Å². The molecule has 2 aliphatic rings. The molecule has 2 unspecified atom stereocenters. The van der Waals surface area contributed by atoms with Gasteiger partial charge in [0, 0.05) is 19.5 Å². The van der Waals surface area contributed by atoms with Crippen molar-refractivity contribution in [1.82, 2.24) is 9.91 Å². The normalized spacial score (nSPS) is 22.0. The standard InChI is InChI=1S/C22H22FN3O3/c1-25-13-18(26-21(22(25)28)19(27)14-29-12-11-24-26)20(15-5-3-2-4-6-15)16-7-9-17(23)10-8-16/h2-11,18,20,27H,12-14H2,1H3/b21-19?,24-11-. The van der Waals surface area contributed by atoms with E-state index in [0.717, 1.165) is 11.1 Å². The number of likely N-dealkylation sites (N-methyl/N-ethyl adjacent to an activating group) is 1. The number of carbonyl (C=O) groups excluding carboxylic acids is 1. The molecule has 1 amide bonds. The molecule has 0 aromatic heterocycles. The number of piperazine rings is 1. The van der Waals surface area contributed by atoms with Crippen LogP contribution in [0.4, 0.5) is 4.39 Å². The quantitative estimate of drug-likeness (QED) is 0.868. The number of carbonyl (C=O) groups is 1. The first-order chi connectivity index (χ1) is 14.1. The Labute approximate surface area is 168 Å². The lowest BCUT2D eigenvalue weighted by molar-refractivity contribution is -0.132. The van der Waals surface area contributed by atoms with E-state index in [-0.39, 0.29) is 48.4 Å². The zero-order valence-electron chi connectivity index (χ0n) is 16.0. The fraction of sp³-hybridized carbons (Fsp3) is 0.273. The number of benzene rings is 2. The number of halogens is 1. The van der Waals surface area contributed by atoms with Crippen LogP contribution in [-0.4, -0.2) is 60.0 Å². The average Bonchev–Trinajstić information content (AvgIpc) is 2.71. The molecule has 2 atom stereocenters. The maximum atomic E-state index is 13.6. The molecule has 6 nitrogen and oxygen atoms in total. The van der Waals surface area contributed by atoms with Crippen LogP contribution < -0.4 is 0 Å². The van der Waals surface area contributed by atoms with Gasteiger partial charge in [0.15, 0.2) is 5.70 Å². The van der Waals surface area contributed by atoms with Gasteiger partial charge >= 0.3 is 0 Å². The second-order valence-corrected chi connectivity index (χ2v) is 7.15. The van der Waals surface area contributed by atoms with Crippen LogP contribution in [0.15, 0.2) is 71.2 Å². The Kier molecular flexibility index (Phi) is 5.31. The molecule has 2 heterocycles. The van der Waals surface area contributed by atoms with Gasteiger partial charge in [-0.3, -0.25) is 9.80 Å². The monoisotopic (exact) mass is 395 g/mol. The Morgan fingerprint density at radius 2 is 1.83 bits per heavy atom. The van der Waals surface area contributed by atoms with Gasteiger partial charge in [0.2, 0.25) is 0 Å². The maximum absolute atomic E-state index is 13.6. The van der Waals surface area contributed by atoms with Crippen molar-refractivity contribution >= 4 is 12.1 Å². The summed E-state index contributed by atoms with van der Waals surface area (Å²) < 4.78 is 18.9. The summed E-state index contributed by atoms with van der Waals surface area (Å²) in [7, 11) is 1.70. The van der Waals surface area contributed by atoms with Crippen LogP contribution in [0.1, 0.15) is 17.0 Å². The fourth-order valence-electron chi connectivity index (χ4n) is 3.90. The molecule has 7 heteroatoms. The Morgan fingerprint density at radius 1 is 1.14 bits per heavy atom. The van der Waals surface area contributed by atoms with E-state index >= 15 is 0 Å². The molecule has 1 saturated heterocycles. The smallest absolute Gasteiger partial charge is 0.275 e. The van der Waals surface area contributed by atoms with Crippen molar-refractivity contribution in [1.29, 1.82) is 0 Å². The van der Waals surface area contributed by atoms with Gasteiger partial charge in [0.25, 0.3) is 5.91 Å². The van der Waals surface area contributed by atoms with Crippen LogP contribution in [0.3, 0.4) is 0 Å². The van der Waals surface area contributed by atoms with Crippen LogP contribution in [0.5, 0.6) is 0 Å². The summed E-state index contributed by atoms with van der Waals surface area (Å²) in [6.07, 6.45) is 1.59. The first-order valence-electron chi connectivity index (χ1n) is 9.43. The van der Waals surface area contributed by atoms with Crippen LogP contribution in [0.25, 0.3) is 0 Å². The number of hydrazone groups is 1. The number of nitrogens with zero attached hydrogens (tertiary/aromatic N) is 3. The third-order valence-electron chi connectivity index (χ3n) is 5.24. The highest BCUT2D eigenvalue weighted by atomic mass is 19.1. The molecular formula is C22H22FN3O3. The van der Waals surface area contributed by atoms with E-state index in [9.17, 15) is 14.3 Å². The zero-order chi connectivity index (χ0) is 20.4. The predicted octanol–water partition coefficient (Wildman–Crippen LogP) is 2.89. The van der Waals surface area contributed by atoms with Crippen molar-refractivity contribution in [3.8, 4) is 0 Å². The second-order valence-electron chi connectivity index (χ2n) is 7.15. The van der Waals surface area contributed by atoms with Gasteiger partial charge in [-0.2, -0.15) is 5.10 Å². The topological polar surface area (TPSA) is 65.4 Å². The van der Waals surface area contributed by atoms with E-state index in [2.05, 4.69) is 5.10 Å². The van der Waals surface area contributed by atoms with E-state index in [1.54, 1.807) is 35.3 Å². The van der Waals surface area contributed by atoms with Crippen LogP contribution in [0.2, 0.25) is 0 Å². The number of hydrogen-bond donors (Lipinski definition) is 1. The van der Waals surface area contributed by atoms with Crippen molar-refractivity contribution in [3.05, 3.63) is 83.0 Å². The minimum Gasteiger partial charge on any atom is -0.507 e. The molecule has 4 rings (SSSR count). The molecule has 150 valence electrons. The molecule has 1 N–H and O–H groups in total. The lowest BCUT2D eigenvalue weighted by atomic mass is 9.83. The molecule has 29 heavy (non-hydrogen) atoms. The van der Waals surface area contributed by atoms with Crippen molar-refractivity contribution in [3.63, 3.8) is 0 Å². The number of ether oxygens (including phenoxy) is 1. The van der Waals surface area contributed by atoms with Crippen molar-refractivity contribution in [2.24, 2.45) is 5.10 Å². The summed E-state index contributed by atoms with van der Waals surface area (Å²) >= 11 is 0. The minimum atomic E-state index is -0.313. The average molecular weight is 395 g/mol. The molecular weight excluding hydrogens is 373 g/mol. The lowest BCUT2D eigenvalue weighted by Gasteiger charge is -2.43. The number of fused-ring (bicyclic) bond motifs is 1. The Morgan fingerprint density at radius 3 is 2.55 bits per heavy atom. The Balaban J connectivity index is 1.86. The maximum Gasteiger partial charge on any atom is 0.275 e. The molecule has 0 saturated carbocycles. The Hall–Kier alpha value is -3.19. The SMILES string of the molecule is CN1CC(C(c2ccccc2)c2ccc(F)cc2)N2/N=C\COCC(O)=C2C1=O. The summed E-state index contributed by atoms with van der Waals surface area (Å²) in [4.78, 5) is 14.4. The van der Waals surface area contributed by atoms with E-state index in [1.807, 2.05) is 30.3 Å². The first kappa shape index (κ1) is 19.1. The van der Waals surface area contributed by atoms with Crippen molar-refractivity contribution in [2.75, 3.05) is 26.8 Å². The first-order valence-corrected chi connectivity index (χ1v) is 9.43. The number of aliphatic hydroxyl groups is 1. The number of aliphatic hydroxyl groups excluding tert-OH is 1. The third kappa shape index (κ3) is 3.73. The van der Waals surface area contributed by atoms with E-state index in [1.165, 1.54) is 12.1 Å². The zero-order valence-corrected chi connectivity index (χ0v) is 16.0. The summed E-state index contributed by atoms with van der Waals surface area (Å²) in [5, 5.41) is 16.6. The summed E-state index contributed by atoms with van der Waals surface area (Å²) in [5.41, 5.74) is 2.03. The summed E-state index contributed by atoms with van der Waals surface area (Å²) in [6, 6.07) is 15.9. The van der Waals surface area contributed by atoms with Gasteiger partial charge in [-0.25, -0.2) is 4.39 Å². The molecule has 0 bridgehead atoms. The third-order valence-corrected chi connectivity index (χ3v) is 5.24. The second kappa shape index (κ2) is 8.05. The minimum absolute atomic E-state index is 0.0588. The number of hydrogen-bond acceptors (Lipinski definition) is 5. The Bertz CT molecular complexity index is 944. The largest absolute Gasteiger partial charge is 0.507 e. The van der Waals surface area contributed by atoms with Gasteiger partial charge in [-0.05, 0) is 23.3 Å². The highest BCUT2D eigenvalue weighted by Crippen LogP contribution is 2.36. The fourth-order valence-corrected chi connectivity index (χ4v) is 3.90. The van der Waals surface area contributed by atoms with Gasteiger partial charge in [0.05, 0.1) is 18.9 Å². The molecule has 0 aliphatic carbocycles. The van der Waals surface area contributed by atoms with Gasteiger partial charge in [-0.15, -0.1) is 0 Å². The number of rotatable bonds is 3. The van der Waals surface area contributed by atoms with E-state index in [0.29, 0.717) is 6.54 Å². The molecule has 0 spiro atoms. The molecule has 2 aromatic carbocycles. The number of amides is 1. The molecule has 2 aromatic rings.